The molecule has 32 heavy (non-hydrogen) atoms. The van der Waals surface area contributed by atoms with Crippen molar-refractivity contribution in [3.05, 3.63) is 71.9 Å². The van der Waals surface area contributed by atoms with Crippen molar-refractivity contribution in [1.82, 2.24) is 9.97 Å². The van der Waals surface area contributed by atoms with Crippen molar-refractivity contribution in [3.63, 3.8) is 0 Å². The number of carbonyl (C=O) groups excluding carboxylic acids is 2. The minimum atomic E-state index is -0.245. The van der Waals surface area contributed by atoms with E-state index in [9.17, 15) is 9.59 Å². The van der Waals surface area contributed by atoms with Crippen molar-refractivity contribution in [1.29, 1.82) is 10.5 Å². The molecule has 0 aliphatic carbocycles. The Morgan fingerprint density at radius 2 is 1.41 bits per heavy atom. The first-order valence-electron chi connectivity index (χ1n) is 9.24. The molecule has 158 valence electrons. The number of thioether (sulfide) groups is 2. The molecule has 0 saturated heterocycles. The number of rotatable bonds is 8. The molecule has 8 nitrogen and oxygen atoms in total. The fourth-order valence-corrected chi connectivity index (χ4v) is 3.82. The van der Waals surface area contributed by atoms with Crippen LogP contribution in [0.15, 0.2) is 71.0 Å². The van der Waals surface area contributed by atoms with Crippen molar-refractivity contribution < 1.29 is 9.59 Å². The van der Waals surface area contributed by atoms with Crippen LogP contribution in [0.25, 0.3) is 0 Å². The average Bonchev–Trinajstić information content (AvgIpc) is 2.82. The van der Waals surface area contributed by atoms with Gasteiger partial charge in [0.15, 0.2) is 5.16 Å². The summed E-state index contributed by atoms with van der Waals surface area (Å²) in [6.45, 7) is 0. The van der Waals surface area contributed by atoms with E-state index in [1.165, 1.54) is 23.5 Å². The summed E-state index contributed by atoms with van der Waals surface area (Å²) in [5.74, 6) is -0.239. The zero-order chi connectivity index (χ0) is 22.8. The third kappa shape index (κ3) is 7.13. The third-order valence-electron chi connectivity index (χ3n) is 3.84. The Morgan fingerprint density at radius 3 is 1.97 bits per heavy atom. The van der Waals surface area contributed by atoms with Gasteiger partial charge < -0.3 is 10.6 Å². The van der Waals surface area contributed by atoms with Crippen LogP contribution in [-0.2, 0) is 9.59 Å². The van der Waals surface area contributed by atoms with Gasteiger partial charge in [-0.3, -0.25) is 9.59 Å². The van der Waals surface area contributed by atoms with E-state index in [-0.39, 0.29) is 23.3 Å². The molecule has 0 atom stereocenters. The molecule has 2 amide bonds. The van der Waals surface area contributed by atoms with Gasteiger partial charge >= 0.3 is 0 Å². The van der Waals surface area contributed by atoms with Gasteiger partial charge in [0.1, 0.15) is 5.03 Å². The highest BCUT2D eigenvalue weighted by Gasteiger charge is 2.09. The average molecular weight is 461 g/mol. The smallest absolute Gasteiger partial charge is 0.234 e. The Hall–Kier alpha value is -3.86. The molecule has 0 radical (unpaired) electrons. The highest BCUT2D eigenvalue weighted by molar-refractivity contribution is 8.00. The van der Waals surface area contributed by atoms with E-state index < -0.39 is 0 Å². The van der Waals surface area contributed by atoms with Gasteiger partial charge in [-0.05, 0) is 42.5 Å². The molecular weight excluding hydrogens is 444 g/mol. The van der Waals surface area contributed by atoms with E-state index in [1.54, 1.807) is 60.8 Å². The van der Waals surface area contributed by atoms with E-state index in [4.69, 9.17) is 10.5 Å². The second-order valence-electron chi connectivity index (χ2n) is 6.24. The molecule has 0 fully saturated rings. The maximum Gasteiger partial charge on any atom is 0.234 e. The number of hydrogen-bond donors (Lipinski definition) is 2. The number of nitriles is 2. The number of amides is 2. The summed E-state index contributed by atoms with van der Waals surface area (Å²) in [5.41, 5.74) is 2.03. The quantitative estimate of drug-likeness (QED) is 0.296. The van der Waals surface area contributed by atoms with E-state index in [1.807, 2.05) is 12.1 Å². The number of carbonyl (C=O) groups is 2. The van der Waals surface area contributed by atoms with Crippen molar-refractivity contribution in [2.75, 3.05) is 22.1 Å². The summed E-state index contributed by atoms with van der Waals surface area (Å²) in [4.78, 5) is 32.8. The van der Waals surface area contributed by atoms with Crippen LogP contribution in [0.5, 0.6) is 0 Å². The highest BCUT2D eigenvalue weighted by Crippen LogP contribution is 2.20. The van der Waals surface area contributed by atoms with Crippen LogP contribution in [0.1, 0.15) is 11.1 Å². The van der Waals surface area contributed by atoms with Gasteiger partial charge in [-0.15, -0.1) is 0 Å². The molecule has 0 spiro atoms. The van der Waals surface area contributed by atoms with E-state index in [2.05, 4.69) is 20.6 Å². The molecule has 0 aliphatic heterocycles. The molecule has 3 aromatic rings. The second kappa shape index (κ2) is 11.5. The van der Waals surface area contributed by atoms with Gasteiger partial charge in [0, 0.05) is 17.6 Å². The lowest BCUT2D eigenvalue weighted by atomic mass is 10.2. The lowest BCUT2D eigenvalue weighted by Crippen LogP contribution is -2.14. The minimum absolute atomic E-state index is 0.0978. The van der Waals surface area contributed by atoms with Gasteiger partial charge in [-0.1, -0.05) is 35.7 Å². The number of nitrogens with zero attached hydrogens (tertiary/aromatic N) is 4. The summed E-state index contributed by atoms with van der Waals surface area (Å²) < 4.78 is 0. The standard InChI is InChI=1S/C22H16N6O2S2/c23-11-15-3-1-5-17(9-15)26-19(29)13-31-21-7-8-25-22(28-21)32-14-20(30)27-18-6-2-4-16(10-18)12-24/h1-10H,13-14H2,(H,26,29)(H,27,30). The van der Waals surface area contributed by atoms with Gasteiger partial charge in [-0.25, -0.2) is 9.97 Å². The van der Waals surface area contributed by atoms with Crippen LogP contribution >= 0.6 is 23.5 Å². The Bertz CT molecular complexity index is 1130. The largest absolute Gasteiger partial charge is 0.325 e. The maximum absolute atomic E-state index is 12.2. The molecule has 1 heterocycles. The molecule has 10 heteroatoms. The first kappa shape index (κ1) is 22.8. The first-order valence-corrected chi connectivity index (χ1v) is 11.2. The van der Waals surface area contributed by atoms with E-state index in [0.29, 0.717) is 32.7 Å². The molecule has 1 aromatic heterocycles. The van der Waals surface area contributed by atoms with E-state index >= 15 is 0 Å². The zero-order valence-electron chi connectivity index (χ0n) is 16.6. The first-order chi connectivity index (χ1) is 15.6. The van der Waals surface area contributed by atoms with Crippen molar-refractivity contribution in [2.24, 2.45) is 0 Å². The zero-order valence-corrected chi connectivity index (χ0v) is 18.2. The fourth-order valence-electron chi connectivity index (χ4n) is 2.47. The number of benzene rings is 2. The number of aromatic nitrogens is 2. The van der Waals surface area contributed by atoms with Crippen LogP contribution in [0.2, 0.25) is 0 Å². The molecule has 0 bridgehead atoms. The summed E-state index contributed by atoms with van der Waals surface area (Å²) in [5, 5.41) is 24.3. The Labute approximate surface area is 193 Å². The molecule has 2 N–H and O–H groups in total. The van der Waals surface area contributed by atoms with Crippen molar-refractivity contribution >= 4 is 46.7 Å². The fraction of sp³-hybridized carbons (Fsp3) is 0.0909. The summed E-state index contributed by atoms with van der Waals surface area (Å²) in [6.07, 6.45) is 1.57. The summed E-state index contributed by atoms with van der Waals surface area (Å²) >= 11 is 2.41. The number of nitrogens with one attached hydrogen (secondary N) is 2. The monoisotopic (exact) mass is 460 g/mol. The lowest BCUT2D eigenvalue weighted by Gasteiger charge is -2.06. The normalized spacial score (nSPS) is 9.94. The Morgan fingerprint density at radius 1 is 0.844 bits per heavy atom. The molecule has 0 unspecified atom stereocenters. The molecule has 0 saturated carbocycles. The van der Waals surface area contributed by atoms with Crippen LogP contribution in [0, 0.1) is 22.7 Å². The minimum Gasteiger partial charge on any atom is -0.325 e. The third-order valence-corrected chi connectivity index (χ3v) is 5.63. The lowest BCUT2D eigenvalue weighted by molar-refractivity contribution is -0.114. The van der Waals surface area contributed by atoms with Gasteiger partial charge in [0.25, 0.3) is 0 Å². The van der Waals surface area contributed by atoms with Gasteiger partial charge in [-0.2, -0.15) is 10.5 Å². The maximum atomic E-state index is 12.2. The highest BCUT2D eigenvalue weighted by atomic mass is 32.2. The van der Waals surface area contributed by atoms with Crippen LogP contribution in [-0.4, -0.2) is 33.3 Å². The second-order valence-corrected chi connectivity index (χ2v) is 8.17. The predicted octanol–water partition coefficient (Wildman–Crippen LogP) is 3.68. The van der Waals surface area contributed by atoms with Crippen molar-refractivity contribution in [3.8, 4) is 12.1 Å². The molecule has 3 rings (SSSR count). The molecule has 2 aromatic carbocycles. The predicted molar refractivity (Wildman–Crippen MR) is 123 cm³/mol. The van der Waals surface area contributed by atoms with Gasteiger partial charge in [0.05, 0.1) is 34.8 Å². The molecular formula is C22H16N6O2S2. The molecule has 0 aliphatic rings. The Kier molecular flexibility index (Phi) is 8.21. The van der Waals surface area contributed by atoms with Gasteiger partial charge in [0.2, 0.25) is 11.8 Å². The number of anilines is 2. The van der Waals surface area contributed by atoms with Crippen LogP contribution < -0.4 is 10.6 Å². The van der Waals surface area contributed by atoms with Crippen molar-refractivity contribution in [2.45, 2.75) is 10.2 Å². The Balaban J connectivity index is 1.48. The summed E-state index contributed by atoms with van der Waals surface area (Å²) in [6, 6.07) is 19.1. The van der Waals surface area contributed by atoms with E-state index in [0.717, 1.165) is 0 Å². The number of hydrogen-bond acceptors (Lipinski definition) is 8. The topological polar surface area (TPSA) is 132 Å². The summed E-state index contributed by atoms with van der Waals surface area (Å²) in [7, 11) is 0. The van der Waals surface area contributed by atoms with Crippen LogP contribution in [0.4, 0.5) is 11.4 Å². The SMILES string of the molecule is N#Cc1cccc(NC(=O)CSc2ccnc(SCC(=O)Nc3cccc(C#N)c3)n2)c1. The van der Waals surface area contributed by atoms with Crippen LogP contribution in [0.3, 0.4) is 0 Å².